The third kappa shape index (κ3) is 3.59. The molecule has 0 aliphatic carbocycles. The lowest BCUT2D eigenvalue weighted by atomic mass is 10.1. The van der Waals surface area contributed by atoms with Crippen LogP contribution in [-0.4, -0.2) is 6.36 Å². The molecule has 0 spiro atoms. The maximum Gasteiger partial charge on any atom is 0.573 e. The Labute approximate surface area is 93.2 Å². The molecule has 0 atom stereocenters. The first kappa shape index (κ1) is 13.2. The van der Waals surface area contributed by atoms with Crippen molar-refractivity contribution in [3.05, 3.63) is 29.3 Å². The van der Waals surface area contributed by atoms with Crippen LogP contribution in [0.25, 0.3) is 0 Å². The molecule has 1 aromatic rings. The van der Waals surface area contributed by atoms with Gasteiger partial charge in [-0.15, -0.1) is 13.2 Å². The van der Waals surface area contributed by atoms with Gasteiger partial charge in [-0.3, -0.25) is 0 Å². The summed E-state index contributed by atoms with van der Waals surface area (Å²) in [6, 6.07) is 4.70. The predicted molar refractivity (Wildman–Crippen MR) is 47.4 cm³/mol. The van der Waals surface area contributed by atoms with Crippen molar-refractivity contribution in [2.24, 2.45) is 0 Å². The zero-order valence-electron chi connectivity index (χ0n) is 8.26. The molecule has 0 N–H and O–H groups in total. The first-order valence-electron chi connectivity index (χ1n) is 4.38. The van der Waals surface area contributed by atoms with Gasteiger partial charge in [-0.05, 0) is 6.07 Å². The summed E-state index contributed by atoms with van der Waals surface area (Å²) in [5, 5.41) is 8.40. The molecule has 0 saturated carbocycles. The van der Waals surface area contributed by atoms with E-state index in [1.54, 1.807) is 6.07 Å². The molecule has 0 radical (unpaired) electrons. The van der Waals surface area contributed by atoms with Crippen molar-refractivity contribution in [2.45, 2.75) is 19.2 Å². The molecule has 17 heavy (non-hydrogen) atoms. The molecule has 7 heteroatoms. The van der Waals surface area contributed by atoms with E-state index in [1.807, 2.05) is 0 Å². The fraction of sp³-hybridized carbons (Fsp3) is 0.300. The number of halogens is 5. The molecule has 0 unspecified atom stereocenters. The van der Waals surface area contributed by atoms with Gasteiger partial charge in [0.2, 0.25) is 0 Å². The summed E-state index contributed by atoms with van der Waals surface area (Å²) in [5.74, 6) is -0.989. The second-order valence-corrected chi connectivity index (χ2v) is 3.02. The molecule has 0 bridgehead atoms. The van der Waals surface area contributed by atoms with Crippen LogP contribution in [-0.2, 0) is 6.42 Å². The van der Waals surface area contributed by atoms with Crippen molar-refractivity contribution in [2.75, 3.05) is 0 Å². The molecule has 92 valence electrons. The molecule has 0 aliphatic heterocycles. The number of alkyl halides is 5. The van der Waals surface area contributed by atoms with Crippen LogP contribution in [0.2, 0.25) is 0 Å². The number of rotatable bonds is 3. The van der Waals surface area contributed by atoms with E-state index in [9.17, 15) is 22.0 Å². The summed E-state index contributed by atoms with van der Waals surface area (Å²) >= 11 is 0. The van der Waals surface area contributed by atoms with Crippen LogP contribution in [0.4, 0.5) is 22.0 Å². The second-order valence-electron chi connectivity index (χ2n) is 3.02. The summed E-state index contributed by atoms with van der Waals surface area (Å²) in [6.07, 6.45) is -8.62. The Balaban J connectivity index is 3.24. The number of benzene rings is 1. The number of nitrogens with zero attached hydrogens (tertiary/aromatic N) is 1. The Morgan fingerprint density at radius 3 is 2.41 bits per heavy atom. The Bertz CT molecular complexity index is 435. The topological polar surface area (TPSA) is 33.0 Å². The minimum atomic E-state index is -5.07. The summed E-state index contributed by atoms with van der Waals surface area (Å²) in [5.41, 5.74) is -1.10. The first-order valence-corrected chi connectivity index (χ1v) is 4.38. The lowest BCUT2D eigenvalue weighted by molar-refractivity contribution is -0.275. The van der Waals surface area contributed by atoms with Gasteiger partial charge in [0, 0.05) is 5.56 Å². The number of ether oxygens (including phenoxy) is 1. The van der Waals surface area contributed by atoms with Gasteiger partial charge in [0.05, 0.1) is 18.1 Å². The van der Waals surface area contributed by atoms with Gasteiger partial charge in [0.25, 0.3) is 6.43 Å². The average molecular weight is 251 g/mol. The fourth-order valence-electron chi connectivity index (χ4n) is 1.24. The van der Waals surface area contributed by atoms with Crippen LogP contribution in [0.15, 0.2) is 18.2 Å². The van der Waals surface area contributed by atoms with Crippen LogP contribution in [0, 0.1) is 11.3 Å². The Hall–Kier alpha value is -1.84. The minimum Gasteiger partial charge on any atom is -0.405 e. The molecule has 0 heterocycles. The van der Waals surface area contributed by atoms with E-state index in [4.69, 9.17) is 5.26 Å². The van der Waals surface area contributed by atoms with Crippen molar-refractivity contribution in [1.82, 2.24) is 0 Å². The molecule has 0 aliphatic rings. The van der Waals surface area contributed by atoms with E-state index in [2.05, 4.69) is 4.74 Å². The van der Waals surface area contributed by atoms with Gasteiger partial charge < -0.3 is 4.74 Å². The molecule has 0 aromatic heterocycles. The standard InChI is InChI=1S/C10H6F5NO/c11-9(12)7-3-1-2-6(4-5-16)8(7)17-10(13,14)15/h1-3,9H,4H2. The van der Waals surface area contributed by atoms with Crippen LogP contribution in [0.5, 0.6) is 5.75 Å². The second kappa shape index (κ2) is 4.99. The summed E-state index contributed by atoms with van der Waals surface area (Å²) < 4.78 is 64.7. The zero-order chi connectivity index (χ0) is 13.1. The monoisotopic (exact) mass is 251 g/mol. The van der Waals surface area contributed by atoms with E-state index in [1.165, 1.54) is 0 Å². The van der Waals surface area contributed by atoms with Gasteiger partial charge in [-0.2, -0.15) is 5.26 Å². The van der Waals surface area contributed by atoms with Crippen molar-refractivity contribution in [3.8, 4) is 11.8 Å². The molecular weight excluding hydrogens is 245 g/mol. The lowest BCUT2D eigenvalue weighted by Crippen LogP contribution is -2.19. The van der Waals surface area contributed by atoms with Crippen LogP contribution in [0.1, 0.15) is 17.6 Å². The largest absolute Gasteiger partial charge is 0.573 e. The molecule has 1 aromatic carbocycles. The highest BCUT2D eigenvalue weighted by atomic mass is 19.4. The Kier molecular flexibility index (Phi) is 3.89. The van der Waals surface area contributed by atoms with Gasteiger partial charge >= 0.3 is 6.36 Å². The summed E-state index contributed by atoms with van der Waals surface area (Å²) in [7, 11) is 0. The molecule has 2 nitrogen and oxygen atoms in total. The highest BCUT2D eigenvalue weighted by Gasteiger charge is 2.34. The summed E-state index contributed by atoms with van der Waals surface area (Å²) in [6.45, 7) is 0. The fourth-order valence-corrected chi connectivity index (χ4v) is 1.24. The Morgan fingerprint density at radius 1 is 1.29 bits per heavy atom. The maximum atomic E-state index is 12.5. The maximum absolute atomic E-state index is 12.5. The Morgan fingerprint density at radius 2 is 1.94 bits per heavy atom. The van der Waals surface area contributed by atoms with Crippen molar-refractivity contribution in [3.63, 3.8) is 0 Å². The number of hydrogen-bond donors (Lipinski definition) is 0. The molecule has 1 rings (SSSR count). The quantitative estimate of drug-likeness (QED) is 0.769. The first-order chi connectivity index (χ1) is 7.85. The average Bonchev–Trinajstić information content (AvgIpc) is 2.18. The van der Waals surface area contributed by atoms with Crippen molar-refractivity contribution < 1.29 is 26.7 Å². The van der Waals surface area contributed by atoms with Crippen LogP contribution in [0.3, 0.4) is 0 Å². The van der Waals surface area contributed by atoms with E-state index in [-0.39, 0.29) is 5.56 Å². The zero-order valence-corrected chi connectivity index (χ0v) is 8.26. The highest BCUT2D eigenvalue weighted by Crippen LogP contribution is 2.35. The summed E-state index contributed by atoms with van der Waals surface area (Å²) in [4.78, 5) is 0. The lowest BCUT2D eigenvalue weighted by Gasteiger charge is -2.15. The van der Waals surface area contributed by atoms with Gasteiger partial charge in [-0.25, -0.2) is 8.78 Å². The predicted octanol–water partition coefficient (Wildman–Crippen LogP) is 3.59. The van der Waals surface area contributed by atoms with Gasteiger partial charge in [-0.1, -0.05) is 12.1 Å². The van der Waals surface area contributed by atoms with E-state index < -0.39 is 30.5 Å². The number of para-hydroxylation sites is 1. The molecular formula is C10H6F5NO. The SMILES string of the molecule is N#CCc1cccc(C(F)F)c1OC(F)(F)F. The van der Waals surface area contributed by atoms with E-state index >= 15 is 0 Å². The van der Waals surface area contributed by atoms with Gasteiger partial charge in [0.1, 0.15) is 5.75 Å². The minimum absolute atomic E-state index is 0.220. The number of hydrogen-bond acceptors (Lipinski definition) is 2. The van der Waals surface area contributed by atoms with Crippen molar-refractivity contribution in [1.29, 1.82) is 5.26 Å². The third-order valence-corrected chi connectivity index (χ3v) is 1.85. The highest BCUT2D eigenvalue weighted by molar-refractivity contribution is 5.43. The molecule has 0 saturated heterocycles. The van der Waals surface area contributed by atoms with E-state index in [0.29, 0.717) is 0 Å². The van der Waals surface area contributed by atoms with Crippen molar-refractivity contribution >= 4 is 0 Å². The third-order valence-electron chi connectivity index (χ3n) is 1.85. The van der Waals surface area contributed by atoms with Crippen LogP contribution >= 0.6 is 0 Å². The van der Waals surface area contributed by atoms with Gasteiger partial charge in [0.15, 0.2) is 0 Å². The van der Waals surface area contributed by atoms with Crippen LogP contribution < -0.4 is 4.74 Å². The van der Waals surface area contributed by atoms with E-state index in [0.717, 1.165) is 18.2 Å². The number of nitriles is 1. The molecule has 0 amide bonds. The molecule has 0 fully saturated rings. The smallest absolute Gasteiger partial charge is 0.405 e. The normalized spacial score (nSPS) is 11.4.